The Hall–Kier alpha value is -3.32. The monoisotopic (exact) mass is 439 g/mol. The molecule has 1 fully saturated rings. The standard InChI is InChI=1S/C25H29NO6/c1-16(2)32-14-8-13-26-22(17-9-6-5-7-10-17)21(24(28)25(26)29)23(27)18-11-12-19(30-3)20(15-18)31-4/h5-7,9-12,15-16,22,27H,8,13-14H2,1-4H3/b23-21-. The van der Waals surface area contributed by atoms with Crippen LogP contribution in [-0.4, -0.2) is 55.2 Å². The zero-order valence-electron chi connectivity index (χ0n) is 18.8. The van der Waals surface area contributed by atoms with E-state index in [4.69, 9.17) is 14.2 Å². The van der Waals surface area contributed by atoms with Crippen LogP contribution in [0.4, 0.5) is 0 Å². The van der Waals surface area contributed by atoms with Crippen molar-refractivity contribution in [3.05, 3.63) is 65.2 Å². The minimum Gasteiger partial charge on any atom is -0.507 e. The molecule has 1 aliphatic rings. The Bertz CT molecular complexity index is 999. The lowest BCUT2D eigenvalue weighted by Crippen LogP contribution is -2.31. The number of ether oxygens (including phenoxy) is 3. The Labute approximate surface area is 188 Å². The van der Waals surface area contributed by atoms with E-state index < -0.39 is 17.7 Å². The lowest BCUT2D eigenvalue weighted by molar-refractivity contribution is -0.140. The van der Waals surface area contributed by atoms with Crippen LogP contribution in [0.15, 0.2) is 54.1 Å². The van der Waals surface area contributed by atoms with E-state index in [-0.39, 0.29) is 17.4 Å². The number of carbonyl (C=O) groups excluding carboxylic acids is 2. The molecule has 7 heteroatoms. The molecule has 2 aromatic rings. The molecule has 1 unspecified atom stereocenters. The Morgan fingerprint density at radius 2 is 1.72 bits per heavy atom. The molecule has 1 heterocycles. The predicted molar refractivity (Wildman–Crippen MR) is 121 cm³/mol. The molecule has 0 spiro atoms. The molecule has 0 radical (unpaired) electrons. The van der Waals surface area contributed by atoms with Gasteiger partial charge in [0.05, 0.1) is 31.9 Å². The van der Waals surface area contributed by atoms with Crippen molar-refractivity contribution in [3.63, 3.8) is 0 Å². The topological polar surface area (TPSA) is 85.3 Å². The molecule has 7 nitrogen and oxygen atoms in total. The van der Waals surface area contributed by atoms with Gasteiger partial charge in [0.25, 0.3) is 11.7 Å². The van der Waals surface area contributed by atoms with Crippen LogP contribution in [0.1, 0.15) is 37.4 Å². The zero-order chi connectivity index (χ0) is 23.3. The Morgan fingerprint density at radius 3 is 2.34 bits per heavy atom. The van der Waals surface area contributed by atoms with E-state index in [2.05, 4.69) is 0 Å². The fourth-order valence-electron chi connectivity index (χ4n) is 3.79. The molecule has 3 rings (SSSR count). The quantitative estimate of drug-likeness (QED) is 0.276. The number of aliphatic hydroxyl groups excluding tert-OH is 1. The normalized spacial score (nSPS) is 17.8. The van der Waals surface area contributed by atoms with E-state index in [0.29, 0.717) is 36.6 Å². The number of likely N-dealkylation sites (tertiary alicyclic amines) is 1. The highest BCUT2D eigenvalue weighted by Crippen LogP contribution is 2.40. The van der Waals surface area contributed by atoms with Crippen LogP contribution in [0, 0.1) is 0 Å². The van der Waals surface area contributed by atoms with E-state index >= 15 is 0 Å². The van der Waals surface area contributed by atoms with Crippen molar-refractivity contribution in [2.45, 2.75) is 32.4 Å². The number of nitrogens with zero attached hydrogens (tertiary/aromatic N) is 1. The maximum atomic E-state index is 13.0. The first-order valence-electron chi connectivity index (χ1n) is 10.6. The molecule has 2 aromatic carbocycles. The number of ketones is 1. The summed E-state index contributed by atoms with van der Waals surface area (Å²) in [7, 11) is 3.01. The Balaban J connectivity index is 2.04. The van der Waals surface area contributed by atoms with Gasteiger partial charge in [0.15, 0.2) is 11.5 Å². The van der Waals surface area contributed by atoms with Gasteiger partial charge < -0.3 is 24.2 Å². The van der Waals surface area contributed by atoms with Crippen molar-refractivity contribution in [1.29, 1.82) is 0 Å². The van der Waals surface area contributed by atoms with Gasteiger partial charge in [0.2, 0.25) is 0 Å². The summed E-state index contributed by atoms with van der Waals surface area (Å²) in [5, 5.41) is 11.1. The van der Waals surface area contributed by atoms with Crippen molar-refractivity contribution >= 4 is 17.4 Å². The molecule has 0 aliphatic carbocycles. The maximum absolute atomic E-state index is 13.0. The summed E-state index contributed by atoms with van der Waals surface area (Å²) in [6, 6.07) is 13.4. The molecular weight excluding hydrogens is 410 g/mol. The van der Waals surface area contributed by atoms with E-state index in [0.717, 1.165) is 5.56 Å². The third kappa shape index (κ3) is 4.78. The van der Waals surface area contributed by atoms with E-state index in [1.165, 1.54) is 19.1 Å². The summed E-state index contributed by atoms with van der Waals surface area (Å²) in [5.41, 5.74) is 1.17. The van der Waals surface area contributed by atoms with Gasteiger partial charge in [-0.2, -0.15) is 0 Å². The first kappa shape index (κ1) is 23.3. The molecule has 0 saturated carbocycles. The second-order valence-corrected chi connectivity index (χ2v) is 7.75. The molecule has 170 valence electrons. The molecule has 32 heavy (non-hydrogen) atoms. The van der Waals surface area contributed by atoms with Gasteiger partial charge in [0, 0.05) is 18.7 Å². The number of carbonyl (C=O) groups is 2. The number of amides is 1. The summed E-state index contributed by atoms with van der Waals surface area (Å²) in [5.74, 6) is -0.692. The van der Waals surface area contributed by atoms with Crippen LogP contribution in [0.5, 0.6) is 11.5 Å². The van der Waals surface area contributed by atoms with Gasteiger partial charge in [0.1, 0.15) is 5.76 Å². The van der Waals surface area contributed by atoms with Gasteiger partial charge in [-0.3, -0.25) is 9.59 Å². The van der Waals surface area contributed by atoms with E-state index in [1.54, 1.807) is 18.2 Å². The highest BCUT2D eigenvalue weighted by Gasteiger charge is 2.45. The molecule has 1 amide bonds. The smallest absolute Gasteiger partial charge is 0.295 e. The van der Waals surface area contributed by atoms with Gasteiger partial charge in [-0.25, -0.2) is 0 Å². The predicted octanol–water partition coefficient (Wildman–Crippen LogP) is 3.94. The van der Waals surface area contributed by atoms with Crippen LogP contribution in [0.25, 0.3) is 5.76 Å². The lowest BCUT2D eigenvalue weighted by Gasteiger charge is -2.25. The SMILES string of the molecule is COc1ccc(/C(O)=C2/C(=O)C(=O)N(CCCOC(C)C)C2c2ccccc2)cc1OC. The first-order chi connectivity index (χ1) is 15.4. The maximum Gasteiger partial charge on any atom is 0.295 e. The van der Waals surface area contributed by atoms with Crippen molar-refractivity contribution in [2.24, 2.45) is 0 Å². The summed E-state index contributed by atoms with van der Waals surface area (Å²) >= 11 is 0. The molecule has 1 atom stereocenters. The summed E-state index contributed by atoms with van der Waals surface area (Å²) in [6.45, 7) is 4.69. The number of hydrogen-bond acceptors (Lipinski definition) is 6. The van der Waals surface area contributed by atoms with E-state index in [9.17, 15) is 14.7 Å². The lowest BCUT2D eigenvalue weighted by atomic mass is 9.95. The van der Waals surface area contributed by atoms with Crippen LogP contribution >= 0.6 is 0 Å². The average Bonchev–Trinajstić information content (AvgIpc) is 3.06. The summed E-state index contributed by atoms with van der Waals surface area (Å²) < 4.78 is 16.2. The van der Waals surface area contributed by atoms with Crippen LogP contribution in [0.2, 0.25) is 0 Å². The number of methoxy groups -OCH3 is 2. The number of aliphatic hydroxyl groups is 1. The number of Topliss-reactive ketones (excluding diaryl/α,β-unsaturated/α-hetero) is 1. The van der Waals surface area contributed by atoms with Crippen LogP contribution in [0.3, 0.4) is 0 Å². The highest BCUT2D eigenvalue weighted by molar-refractivity contribution is 6.46. The number of hydrogen-bond donors (Lipinski definition) is 1. The minimum atomic E-state index is -0.712. The molecule has 1 aliphatic heterocycles. The van der Waals surface area contributed by atoms with Gasteiger partial charge in [-0.15, -0.1) is 0 Å². The molecular formula is C25H29NO6. The van der Waals surface area contributed by atoms with Gasteiger partial charge in [-0.1, -0.05) is 30.3 Å². The average molecular weight is 440 g/mol. The first-order valence-corrected chi connectivity index (χ1v) is 10.6. The fraction of sp³-hybridized carbons (Fsp3) is 0.360. The fourth-order valence-corrected chi connectivity index (χ4v) is 3.79. The van der Waals surface area contributed by atoms with Gasteiger partial charge in [-0.05, 0) is 44.0 Å². The van der Waals surface area contributed by atoms with Crippen molar-refractivity contribution in [2.75, 3.05) is 27.4 Å². The highest BCUT2D eigenvalue weighted by atomic mass is 16.5. The number of rotatable bonds is 9. The largest absolute Gasteiger partial charge is 0.507 e. The van der Waals surface area contributed by atoms with Crippen molar-refractivity contribution in [1.82, 2.24) is 4.90 Å². The molecule has 0 aromatic heterocycles. The molecule has 1 saturated heterocycles. The van der Waals surface area contributed by atoms with E-state index in [1.807, 2.05) is 44.2 Å². The number of benzene rings is 2. The van der Waals surface area contributed by atoms with Crippen LogP contribution < -0.4 is 9.47 Å². The zero-order valence-corrected chi connectivity index (χ0v) is 18.8. The van der Waals surface area contributed by atoms with Crippen molar-refractivity contribution in [3.8, 4) is 11.5 Å². The van der Waals surface area contributed by atoms with Crippen LogP contribution in [-0.2, 0) is 14.3 Å². The van der Waals surface area contributed by atoms with Gasteiger partial charge >= 0.3 is 0 Å². The summed E-state index contributed by atoms with van der Waals surface area (Å²) in [4.78, 5) is 27.5. The molecule has 0 bridgehead atoms. The second kappa shape index (κ2) is 10.3. The van der Waals surface area contributed by atoms with Crippen molar-refractivity contribution < 1.29 is 28.9 Å². The Kier molecular flexibility index (Phi) is 7.53. The Morgan fingerprint density at radius 1 is 1.03 bits per heavy atom. The second-order valence-electron chi connectivity index (χ2n) is 7.75. The third-order valence-corrected chi connectivity index (χ3v) is 5.31. The summed E-state index contributed by atoms with van der Waals surface area (Å²) in [6.07, 6.45) is 0.658. The molecule has 1 N–H and O–H groups in total. The minimum absolute atomic E-state index is 0.0539. The third-order valence-electron chi connectivity index (χ3n) is 5.31.